The van der Waals surface area contributed by atoms with E-state index in [1.54, 1.807) is 30.3 Å². The highest BCUT2D eigenvalue weighted by Gasteiger charge is 2.34. The Morgan fingerprint density at radius 2 is 1.84 bits per heavy atom. The lowest BCUT2D eigenvalue weighted by atomic mass is 10.2. The Kier molecular flexibility index (Phi) is 6.87. The molecule has 2 aromatic heterocycles. The second-order valence-corrected chi connectivity index (χ2v) is 8.39. The molecule has 0 spiro atoms. The van der Waals surface area contributed by atoms with Gasteiger partial charge in [-0.3, -0.25) is 9.69 Å². The standard InChI is InChI=1S/C26H25N3O8/c1-14-11-17(15(2)29(14)18-5-7-19(8-6-18)36-16(3)24(31)32)12-21-23(30)28(26(34)27-21)13-20-9-10-22(37-20)25(33)35-4/h5-12,16H,13H2,1-4H3,(H,27,34)(H,31,32)/b21-12-/t16-/m1/s1. The Hall–Kier alpha value is -4.80. The smallest absolute Gasteiger partial charge is 0.373 e. The zero-order valence-electron chi connectivity index (χ0n) is 20.6. The molecule has 1 saturated heterocycles. The Morgan fingerprint density at radius 1 is 1.14 bits per heavy atom. The molecule has 11 nitrogen and oxygen atoms in total. The number of carbonyl (C=O) groups excluding carboxylic acids is 3. The molecule has 3 heterocycles. The number of benzene rings is 1. The maximum Gasteiger partial charge on any atom is 0.373 e. The molecule has 3 amide bonds. The molecule has 1 aliphatic rings. The largest absolute Gasteiger partial charge is 0.479 e. The van der Waals surface area contributed by atoms with Gasteiger partial charge in [-0.05, 0) is 74.9 Å². The Morgan fingerprint density at radius 3 is 2.49 bits per heavy atom. The van der Waals surface area contributed by atoms with E-state index in [4.69, 9.17) is 14.3 Å². The van der Waals surface area contributed by atoms with E-state index < -0.39 is 30.0 Å². The van der Waals surface area contributed by atoms with Gasteiger partial charge in [0, 0.05) is 17.1 Å². The van der Waals surface area contributed by atoms with Gasteiger partial charge in [-0.25, -0.2) is 14.4 Å². The summed E-state index contributed by atoms with van der Waals surface area (Å²) in [5.74, 6) is -1.58. The SMILES string of the molecule is COC(=O)c1ccc(CN2C(=O)N/C(=C\c3cc(C)n(-c4ccc(O[C@H](C)C(=O)O)cc4)c3C)C2=O)o1. The quantitative estimate of drug-likeness (QED) is 0.269. The highest BCUT2D eigenvalue weighted by Crippen LogP contribution is 2.26. The van der Waals surface area contributed by atoms with Gasteiger partial charge in [-0.2, -0.15) is 0 Å². The number of nitrogens with zero attached hydrogens (tertiary/aromatic N) is 2. The van der Waals surface area contributed by atoms with Gasteiger partial charge in [0.1, 0.15) is 17.2 Å². The van der Waals surface area contributed by atoms with Crippen LogP contribution >= 0.6 is 0 Å². The topological polar surface area (TPSA) is 140 Å². The predicted molar refractivity (Wildman–Crippen MR) is 130 cm³/mol. The van der Waals surface area contributed by atoms with E-state index in [1.165, 1.54) is 26.2 Å². The van der Waals surface area contributed by atoms with Gasteiger partial charge in [0.05, 0.1) is 13.7 Å². The van der Waals surface area contributed by atoms with Crippen molar-refractivity contribution in [3.63, 3.8) is 0 Å². The summed E-state index contributed by atoms with van der Waals surface area (Å²) in [5.41, 5.74) is 3.37. The number of imide groups is 1. The first-order chi connectivity index (χ1) is 17.6. The molecule has 1 aliphatic heterocycles. The number of aliphatic carboxylic acids is 1. The highest BCUT2D eigenvalue weighted by molar-refractivity contribution is 6.14. The molecule has 0 radical (unpaired) electrons. The summed E-state index contributed by atoms with van der Waals surface area (Å²) < 4.78 is 17.3. The fraction of sp³-hybridized carbons (Fsp3) is 0.231. The van der Waals surface area contributed by atoms with Crippen molar-refractivity contribution in [1.82, 2.24) is 14.8 Å². The predicted octanol–water partition coefficient (Wildman–Crippen LogP) is 3.42. The summed E-state index contributed by atoms with van der Waals surface area (Å²) >= 11 is 0. The number of nitrogens with one attached hydrogen (secondary N) is 1. The van der Waals surface area contributed by atoms with Crippen molar-refractivity contribution in [3.8, 4) is 11.4 Å². The van der Waals surface area contributed by atoms with E-state index in [0.29, 0.717) is 5.75 Å². The van der Waals surface area contributed by atoms with Crippen LogP contribution in [0.4, 0.5) is 4.79 Å². The average Bonchev–Trinajstić information content (AvgIpc) is 3.52. The molecule has 1 atom stereocenters. The lowest BCUT2D eigenvalue weighted by Crippen LogP contribution is -2.30. The second kappa shape index (κ2) is 10.1. The van der Waals surface area contributed by atoms with Crippen LogP contribution in [0, 0.1) is 13.8 Å². The maximum atomic E-state index is 12.9. The molecular weight excluding hydrogens is 482 g/mol. The van der Waals surface area contributed by atoms with Crippen LogP contribution in [0.2, 0.25) is 0 Å². The highest BCUT2D eigenvalue weighted by atomic mass is 16.5. The van der Waals surface area contributed by atoms with Gasteiger partial charge in [-0.15, -0.1) is 0 Å². The first-order valence-corrected chi connectivity index (χ1v) is 11.3. The number of ether oxygens (including phenoxy) is 2. The van der Waals surface area contributed by atoms with Crippen molar-refractivity contribution in [2.45, 2.75) is 33.4 Å². The molecular formula is C26H25N3O8. The summed E-state index contributed by atoms with van der Waals surface area (Å²) in [7, 11) is 1.22. The number of aryl methyl sites for hydroxylation is 1. The molecule has 1 aromatic carbocycles. The second-order valence-electron chi connectivity index (χ2n) is 8.39. The first-order valence-electron chi connectivity index (χ1n) is 11.3. The number of amides is 3. The van der Waals surface area contributed by atoms with Crippen molar-refractivity contribution in [1.29, 1.82) is 0 Å². The molecule has 11 heteroatoms. The zero-order valence-corrected chi connectivity index (χ0v) is 20.6. The summed E-state index contributed by atoms with van der Waals surface area (Å²) in [5, 5.41) is 11.6. The Labute approximate surface area is 211 Å². The van der Waals surface area contributed by atoms with Crippen LogP contribution in [0.15, 0.2) is 52.6 Å². The summed E-state index contributed by atoms with van der Waals surface area (Å²) in [6.45, 7) is 5.09. The minimum atomic E-state index is -1.05. The van der Waals surface area contributed by atoms with E-state index in [9.17, 15) is 19.2 Å². The van der Waals surface area contributed by atoms with E-state index >= 15 is 0 Å². The van der Waals surface area contributed by atoms with Crippen LogP contribution < -0.4 is 10.1 Å². The van der Waals surface area contributed by atoms with Crippen LogP contribution in [0.5, 0.6) is 5.75 Å². The van der Waals surface area contributed by atoms with E-state index in [2.05, 4.69) is 10.1 Å². The van der Waals surface area contributed by atoms with Crippen molar-refractivity contribution in [3.05, 3.63) is 76.6 Å². The van der Waals surface area contributed by atoms with Crippen molar-refractivity contribution < 1.29 is 38.2 Å². The first kappa shape index (κ1) is 25.3. The van der Waals surface area contributed by atoms with Crippen molar-refractivity contribution >= 4 is 30.0 Å². The number of hydrogen-bond donors (Lipinski definition) is 2. The van der Waals surface area contributed by atoms with Gasteiger partial charge in [0.2, 0.25) is 5.76 Å². The number of hydrogen-bond acceptors (Lipinski definition) is 7. The lowest BCUT2D eigenvalue weighted by molar-refractivity contribution is -0.144. The zero-order chi connectivity index (χ0) is 26.9. The summed E-state index contributed by atoms with van der Waals surface area (Å²) in [6, 6.07) is 11.2. The number of aromatic nitrogens is 1. The van der Waals surface area contributed by atoms with Crippen LogP contribution in [-0.2, 0) is 20.9 Å². The molecule has 4 rings (SSSR count). The third-order valence-corrected chi connectivity index (χ3v) is 5.85. The molecule has 3 aromatic rings. The molecule has 0 bridgehead atoms. The lowest BCUT2D eigenvalue weighted by Gasteiger charge is -2.13. The monoisotopic (exact) mass is 507 g/mol. The Bertz CT molecular complexity index is 1410. The molecule has 37 heavy (non-hydrogen) atoms. The number of carbonyl (C=O) groups is 4. The maximum absolute atomic E-state index is 12.9. The number of esters is 1. The molecule has 0 saturated carbocycles. The third kappa shape index (κ3) is 5.10. The number of rotatable bonds is 8. The van der Waals surface area contributed by atoms with Gasteiger partial charge in [0.15, 0.2) is 6.10 Å². The number of carboxylic acid groups (broad SMARTS) is 1. The van der Waals surface area contributed by atoms with Crippen LogP contribution in [0.1, 0.15) is 40.2 Å². The Balaban J connectivity index is 1.53. The molecule has 1 fully saturated rings. The average molecular weight is 507 g/mol. The minimum absolute atomic E-state index is 0.0243. The van der Waals surface area contributed by atoms with E-state index in [0.717, 1.165) is 27.5 Å². The normalized spacial score (nSPS) is 15.1. The van der Waals surface area contributed by atoms with Crippen molar-refractivity contribution in [2.75, 3.05) is 7.11 Å². The van der Waals surface area contributed by atoms with Gasteiger partial charge >= 0.3 is 18.0 Å². The summed E-state index contributed by atoms with van der Waals surface area (Å²) in [4.78, 5) is 49.0. The fourth-order valence-corrected chi connectivity index (χ4v) is 3.96. The van der Waals surface area contributed by atoms with Crippen LogP contribution in [0.25, 0.3) is 11.8 Å². The molecule has 192 valence electrons. The number of furan rings is 1. The van der Waals surface area contributed by atoms with Crippen LogP contribution in [0.3, 0.4) is 0 Å². The molecule has 0 aliphatic carbocycles. The third-order valence-electron chi connectivity index (χ3n) is 5.85. The van der Waals surface area contributed by atoms with Gasteiger partial charge < -0.3 is 28.9 Å². The minimum Gasteiger partial charge on any atom is -0.479 e. The summed E-state index contributed by atoms with van der Waals surface area (Å²) in [6.07, 6.45) is 0.633. The molecule has 0 unspecified atom stereocenters. The number of urea groups is 1. The molecule has 2 N–H and O–H groups in total. The fourth-order valence-electron chi connectivity index (χ4n) is 3.96. The van der Waals surface area contributed by atoms with Crippen LogP contribution in [-0.4, -0.2) is 51.7 Å². The van der Waals surface area contributed by atoms with Gasteiger partial charge in [-0.1, -0.05) is 0 Å². The number of carboxylic acids is 1. The number of methoxy groups -OCH3 is 1. The van der Waals surface area contributed by atoms with Crippen molar-refractivity contribution in [2.24, 2.45) is 0 Å². The van der Waals surface area contributed by atoms with E-state index in [-0.39, 0.29) is 23.8 Å². The van der Waals surface area contributed by atoms with Gasteiger partial charge in [0.25, 0.3) is 5.91 Å². The van der Waals surface area contributed by atoms with E-state index in [1.807, 2.05) is 24.5 Å².